The first kappa shape index (κ1) is 7.82. The van der Waals surface area contributed by atoms with Crippen LogP contribution in [0.25, 0.3) is 10.9 Å². The molecule has 2 aromatic rings. The molecule has 1 aromatic carbocycles. The number of hydrogen-bond acceptors (Lipinski definition) is 3. The summed E-state index contributed by atoms with van der Waals surface area (Å²) in [6, 6.07) is 9.09. The van der Waals surface area contributed by atoms with Crippen LogP contribution in [0, 0.1) is 0 Å². The number of hydrogen-bond donors (Lipinski definition) is 1. The molecule has 0 aliphatic carbocycles. The van der Waals surface area contributed by atoms with Gasteiger partial charge in [-0.15, -0.1) is 0 Å². The number of aromatic nitrogens is 1. The normalized spacial score (nSPS) is 10.2. The summed E-state index contributed by atoms with van der Waals surface area (Å²) in [6.07, 6.45) is 0.740. The summed E-state index contributed by atoms with van der Waals surface area (Å²) in [4.78, 5) is 14.6. The van der Waals surface area contributed by atoms with E-state index < -0.39 is 6.09 Å². The van der Waals surface area contributed by atoms with Crippen LogP contribution in [0.4, 0.5) is 4.79 Å². The van der Waals surface area contributed by atoms with Gasteiger partial charge in [-0.25, -0.2) is 4.79 Å². The minimum absolute atomic E-state index is 0.710. The molecule has 0 aliphatic rings. The van der Waals surface area contributed by atoms with Gasteiger partial charge in [0.15, 0.2) is 0 Å². The predicted molar refractivity (Wildman–Crippen MR) is 46.4 cm³/mol. The van der Waals surface area contributed by atoms with Gasteiger partial charge in [0.05, 0.1) is 5.52 Å². The second-order valence-corrected chi connectivity index (χ2v) is 2.60. The van der Waals surface area contributed by atoms with Gasteiger partial charge in [-0.3, -0.25) is 9.45 Å². The number of fused-ring (bicyclic) bond motifs is 1. The van der Waals surface area contributed by atoms with Crippen molar-refractivity contribution in [1.29, 1.82) is 0 Å². The molecule has 0 unspecified atom stereocenters. The lowest BCUT2D eigenvalue weighted by atomic mass is 10.2. The molecule has 66 valence electrons. The Morgan fingerprint density at radius 1 is 1.31 bits per heavy atom. The first-order valence-electron chi connectivity index (χ1n) is 3.75. The van der Waals surface area contributed by atoms with Crippen molar-refractivity contribution in [1.82, 2.24) is 4.57 Å². The van der Waals surface area contributed by atoms with Crippen molar-refractivity contribution in [3.63, 3.8) is 0 Å². The van der Waals surface area contributed by atoms with Crippen molar-refractivity contribution in [3.8, 4) is 0 Å². The fourth-order valence-electron chi connectivity index (χ4n) is 1.29. The summed E-state index contributed by atoms with van der Waals surface area (Å²) in [5.74, 6) is 0. The summed E-state index contributed by atoms with van der Waals surface area (Å²) in [7, 11) is 0. The Balaban J connectivity index is 2.64. The summed E-state index contributed by atoms with van der Waals surface area (Å²) < 4.78 is 1.23. The van der Waals surface area contributed by atoms with Crippen LogP contribution in [0.15, 0.2) is 36.5 Å². The number of para-hydroxylation sites is 1. The van der Waals surface area contributed by atoms with E-state index in [1.165, 1.54) is 4.57 Å². The van der Waals surface area contributed by atoms with Gasteiger partial charge in [0.25, 0.3) is 0 Å². The molecule has 1 N–H and O–H groups in total. The zero-order valence-electron chi connectivity index (χ0n) is 6.68. The molecule has 0 saturated heterocycles. The minimum Gasteiger partial charge on any atom is -0.277 e. The molecular weight excluding hydrogens is 170 g/mol. The molecule has 0 aliphatic heterocycles. The van der Waals surface area contributed by atoms with E-state index >= 15 is 0 Å². The Hall–Kier alpha value is -1.81. The molecule has 4 nitrogen and oxygen atoms in total. The summed E-state index contributed by atoms with van der Waals surface area (Å²) in [5.41, 5.74) is 0.710. The maximum atomic E-state index is 11.0. The van der Waals surface area contributed by atoms with Gasteiger partial charge in [-0.05, 0) is 12.1 Å². The van der Waals surface area contributed by atoms with E-state index in [0.29, 0.717) is 5.52 Å². The highest BCUT2D eigenvalue weighted by Gasteiger charge is 2.08. The Labute approximate surface area is 73.9 Å². The van der Waals surface area contributed by atoms with Crippen LogP contribution in [-0.2, 0) is 4.89 Å². The Bertz CT molecular complexity index is 447. The zero-order valence-corrected chi connectivity index (χ0v) is 6.68. The smallest absolute Gasteiger partial charge is 0.277 e. The fourth-order valence-corrected chi connectivity index (χ4v) is 1.29. The van der Waals surface area contributed by atoms with Crippen molar-refractivity contribution < 1.29 is 14.9 Å². The second kappa shape index (κ2) is 2.91. The zero-order chi connectivity index (χ0) is 9.26. The molecule has 2 rings (SSSR count). The monoisotopic (exact) mass is 177 g/mol. The largest absolute Gasteiger partial charge is 0.449 e. The number of nitrogens with zero attached hydrogens (tertiary/aromatic N) is 1. The molecule has 0 fully saturated rings. The first-order chi connectivity index (χ1) is 6.33. The molecule has 0 radical (unpaired) electrons. The number of benzene rings is 1. The van der Waals surface area contributed by atoms with Gasteiger partial charge in [0.1, 0.15) is 0 Å². The van der Waals surface area contributed by atoms with Gasteiger partial charge in [0.2, 0.25) is 0 Å². The van der Waals surface area contributed by atoms with Gasteiger partial charge >= 0.3 is 6.09 Å². The molecule has 1 heterocycles. The third-order valence-corrected chi connectivity index (χ3v) is 1.87. The SMILES string of the molecule is O=C(OO)n1ccc2ccccc21. The quantitative estimate of drug-likeness (QED) is 0.495. The first-order valence-corrected chi connectivity index (χ1v) is 3.75. The summed E-state index contributed by atoms with van der Waals surface area (Å²) in [5, 5.41) is 9.12. The molecule has 0 spiro atoms. The topological polar surface area (TPSA) is 51.5 Å². The van der Waals surface area contributed by atoms with E-state index in [1.54, 1.807) is 18.3 Å². The minimum atomic E-state index is -0.804. The van der Waals surface area contributed by atoms with Crippen LogP contribution in [0.1, 0.15) is 0 Å². The second-order valence-electron chi connectivity index (χ2n) is 2.60. The van der Waals surface area contributed by atoms with Crippen LogP contribution >= 0.6 is 0 Å². The molecule has 0 amide bonds. The van der Waals surface area contributed by atoms with E-state index in [4.69, 9.17) is 5.26 Å². The molecule has 1 aromatic heterocycles. The molecule has 4 heteroatoms. The van der Waals surface area contributed by atoms with E-state index in [9.17, 15) is 4.79 Å². The van der Waals surface area contributed by atoms with E-state index in [1.807, 2.05) is 18.2 Å². The maximum absolute atomic E-state index is 11.0. The number of rotatable bonds is 0. The lowest BCUT2D eigenvalue weighted by Gasteiger charge is -1.98. The van der Waals surface area contributed by atoms with Crippen molar-refractivity contribution in [2.45, 2.75) is 0 Å². The van der Waals surface area contributed by atoms with E-state index in [-0.39, 0.29) is 0 Å². The van der Waals surface area contributed by atoms with Crippen LogP contribution < -0.4 is 0 Å². The summed E-state index contributed by atoms with van der Waals surface area (Å²) >= 11 is 0. The highest BCUT2D eigenvalue weighted by Crippen LogP contribution is 2.14. The van der Waals surface area contributed by atoms with Crippen LogP contribution in [0.2, 0.25) is 0 Å². The standard InChI is InChI=1S/C9H7NO3/c11-9(13-12)10-6-5-7-3-1-2-4-8(7)10/h1-6,12H. The lowest BCUT2D eigenvalue weighted by Crippen LogP contribution is -2.09. The predicted octanol–water partition coefficient (Wildman–Crippen LogP) is 2.10. The third kappa shape index (κ3) is 1.17. The van der Waals surface area contributed by atoms with E-state index in [2.05, 4.69) is 4.89 Å². The van der Waals surface area contributed by atoms with Crippen molar-refractivity contribution in [3.05, 3.63) is 36.5 Å². The van der Waals surface area contributed by atoms with Gasteiger partial charge < -0.3 is 0 Å². The number of carbonyl (C=O) groups is 1. The summed E-state index contributed by atoms with van der Waals surface area (Å²) in [6.45, 7) is 0. The molecular formula is C9H7NO3. The highest BCUT2D eigenvalue weighted by molar-refractivity contribution is 5.89. The Kier molecular flexibility index (Phi) is 1.75. The van der Waals surface area contributed by atoms with Crippen molar-refractivity contribution in [2.24, 2.45) is 0 Å². The van der Waals surface area contributed by atoms with Gasteiger partial charge in [0, 0.05) is 11.6 Å². The van der Waals surface area contributed by atoms with Gasteiger partial charge in [-0.2, -0.15) is 5.26 Å². The van der Waals surface area contributed by atoms with Crippen LogP contribution in [0.5, 0.6) is 0 Å². The van der Waals surface area contributed by atoms with Crippen molar-refractivity contribution in [2.75, 3.05) is 0 Å². The molecule has 13 heavy (non-hydrogen) atoms. The molecule has 0 bridgehead atoms. The van der Waals surface area contributed by atoms with Crippen LogP contribution in [-0.4, -0.2) is 15.9 Å². The Morgan fingerprint density at radius 3 is 2.85 bits per heavy atom. The highest BCUT2D eigenvalue weighted by atomic mass is 17.1. The fraction of sp³-hybridized carbons (Fsp3) is 0. The third-order valence-electron chi connectivity index (χ3n) is 1.87. The molecule has 0 saturated carbocycles. The van der Waals surface area contributed by atoms with Crippen LogP contribution in [0.3, 0.4) is 0 Å². The average Bonchev–Trinajstić information content (AvgIpc) is 2.60. The maximum Gasteiger partial charge on any atom is 0.449 e. The number of carbonyl (C=O) groups excluding carboxylic acids is 1. The van der Waals surface area contributed by atoms with E-state index in [0.717, 1.165) is 5.39 Å². The van der Waals surface area contributed by atoms with Gasteiger partial charge in [-0.1, -0.05) is 18.2 Å². The average molecular weight is 177 g/mol. The molecule has 0 atom stereocenters. The Morgan fingerprint density at radius 2 is 2.08 bits per heavy atom. The lowest BCUT2D eigenvalue weighted by molar-refractivity contribution is -0.177. The van der Waals surface area contributed by atoms with Crippen molar-refractivity contribution >= 4 is 17.0 Å².